The maximum atomic E-state index is 11.6. The van der Waals surface area contributed by atoms with Crippen molar-refractivity contribution < 1.29 is 9.53 Å². The number of hydrogen-bond donors (Lipinski definition) is 2. The molecule has 0 radical (unpaired) electrons. The van der Waals surface area contributed by atoms with E-state index in [1.807, 2.05) is 6.07 Å². The summed E-state index contributed by atoms with van der Waals surface area (Å²) in [5.74, 6) is 0.932. The van der Waals surface area contributed by atoms with Gasteiger partial charge in [0.05, 0.1) is 6.61 Å². The number of aromatic nitrogens is 1. The topological polar surface area (TPSA) is 91.2 Å². The predicted octanol–water partition coefficient (Wildman–Crippen LogP) is 1.42. The van der Waals surface area contributed by atoms with E-state index >= 15 is 0 Å². The van der Waals surface area contributed by atoms with Gasteiger partial charge in [-0.05, 0) is 62.1 Å². The number of primary amides is 1. The molecule has 2 unspecified atom stereocenters. The minimum atomic E-state index is -0.464. The average molecular weight is 289 g/mol. The molecule has 1 heterocycles. The van der Waals surface area contributed by atoms with Crippen LogP contribution >= 0.6 is 0 Å². The molecule has 0 saturated heterocycles. The van der Waals surface area contributed by atoms with E-state index in [2.05, 4.69) is 4.98 Å². The molecule has 1 aromatic heterocycles. The first-order chi connectivity index (χ1) is 10.2. The highest BCUT2D eigenvalue weighted by Gasteiger charge is 2.27. The lowest BCUT2D eigenvalue weighted by atomic mass is 9.97. The van der Waals surface area contributed by atoms with Gasteiger partial charge in [-0.15, -0.1) is 0 Å². The summed E-state index contributed by atoms with van der Waals surface area (Å²) < 4.78 is 5.87. The zero-order chi connectivity index (χ0) is 14.8. The number of fused-ring (bicyclic) bond motifs is 1. The second kappa shape index (κ2) is 6.02. The summed E-state index contributed by atoms with van der Waals surface area (Å²) in [6, 6.07) is 1.86. The Bertz CT molecular complexity index is 545. The van der Waals surface area contributed by atoms with Crippen LogP contribution in [0.2, 0.25) is 0 Å². The van der Waals surface area contributed by atoms with Gasteiger partial charge in [-0.3, -0.25) is 4.79 Å². The standard InChI is InChI=1S/C16H23N3O2/c17-8-11-4-1-5-12(11)9-21-16-13(15(18)20)7-10-3-2-6-14(10)19-16/h7,11-12H,1-6,8-9,17H2,(H2,18,20). The van der Waals surface area contributed by atoms with E-state index in [-0.39, 0.29) is 0 Å². The van der Waals surface area contributed by atoms with Crippen LogP contribution in [0.3, 0.4) is 0 Å². The van der Waals surface area contributed by atoms with Gasteiger partial charge in [0, 0.05) is 5.69 Å². The van der Waals surface area contributed by atoms with Crippen LogP contribution < -0.4 is 16.2 Å². The van der Waals surface area contributed by atoms with Gasteiger partial charge in [0.15, 0.2) is 0 Å². The third-order valence-corrected chi connectivity index (χ3v) is 4.83. The molecule has 21 heavy (non-hydrogen) atoms. The predicted molar refractivity (Wildman–Crippen MR) is 80.2 cm³/mol. The van der Waals surface area contributed by atoms with Crippen molar-refractivity contribution in [2.24, 2.45) is 23.3 Å². The molecule has 0 spiro atoms. The van der Waals surface area contributed by atoms with Crippen LogP contribution in [-0.2, 0) is 12.8 Å². The number of ether oxygens (including phenoxy) is 1. The number of rotatable bonds is 5. The van der Waals surface area contributed by atoms with E-state index in [0.717, 1.165) is 36.9 Å². The van der Waals surface area contributed by atoms with Crippen LogP contribution in [-0.4, -0.2) is 24.0 Å². The summed E-state index contributed by atoms with van der Waals surface area (Å²) in [6.45, 7) is 1.28. The smallest absolute Gasteiger partial charge is 0.254 e. The molecule has 3 rings (SSSR count). The summed E-state index contributed by atoms with van der Waals surface area (Å²) in [6.07, 6.45) is 6.53. The van der Waals surface area contributed by atoms with Gasteiger partial charge >= 0.3 is 0 Å². The second-order valence-electron chi connectivity index (χ2n) is 6.16. The minimum absolute atomic E-state index is 0.408. The van der Waals surface area contributed by atoms with Crippen molar-refractivity contribution in [3.8, 4) is 5.88 Å². The molecule has 0 bridgehead atoms. The number of nitrogens with zero attached hydrogens (tertiary/aromatic N) is 1. The van der Waals surface area contributed by atoms with Crippen LogP contribution in [0.4, 0.5) is 0 Å². The second-order valence-corrected chi connectivity index (χ2v) is 6.16. The third kappa shape index (κ3) is 2.88. The fourth-order valence-corrected chi connectivity index (χ4v) is 3.57. The number of hydrogen-bond acceptors (Lipinski definition) is 4. The van der Waals surface area contributed by atoms with Gasteiger partial charge < -0.3 is 16.2 Å². The Hall–Kier alpha value is -1.62. The van der Waals surface area contributed by atoms with E-state index in [1.54, 1.807) is 0 Å². The molecule has 1 fully saturated rings. The number of nitrogens with two attached hydrogens (primary N) is 2. The van der Waals surface area contributed by atoms with Crippen molar-refractivity contribution in [2.75, 3.05) is 13.2 Å². The quantitative estimate of drug-likeness (QED) is 0.857. The SMILES string of the molecule is NCC1CCCC1COc1nc2c(cc1C(N)=O)CCC2. The highest BCUT2D eigenvalue weighted by molar-refractivity contribution is 5.95. The Morgan fingerprint density at radius 1 is 1.29 bits per heavy atom. The number of carbonyl (C=O) groups excluding carboxylic acids is 1. The molecule has 2 aliphatic rings. The van der Waals surface area contributed by atoms with Crippen molar-refractivity contribution in [3.05, 3.63) is 22.9 Å². The van der Waals surface area contributed by atoms with Crippen LogP contribution in [0.1, 0.15) is 47.3 Å². The highest BCUT2D eigenvalue weighted by Crippen LogP contribution is 2.32. The number of amides is 1. The van der Waals surface area contributed by atoms with E-state index in [4.69, 9.17) is 16.2 Å². The molecular weight excluding hydrogens is 266 g/mol. The minimum Gasteiger partial charge on any atom is -0.477 e. The lowest BCUT2D eigenvalue weighted by molar-refractivity contribution is 0.0993. The largest absolute Gasteiger partial charge is 0.477 e. The number of aryl methyl sites for hydroxylation is 2. The zero-order valence-electron chi connectivity index (χ0n) is 12.3. The van der Waals surface area contributed by atoms with Gasteiger partial charge in [-0.1, -0.05) is 6.42 Å². The maximum Gasteiger partial charge on any atom is 0.254 e. The lowest BCUT2D eigenvalue weighted by Gasteiger charge is -2.19. The fourth-order valence-electron chi connectivity index (χ4n) is 3.57. The Morgan fingerprint density at radius 2 is 2.10 bits per heavy atom. The third-order valence-electron chi connectivity index (χ3n) is 4.83. The monoisotopic (exact) mass is 289 g/mol. The van der Waals surface area contributed by atoms with E-state index in [0.29, 0.717) is 36.4 Å². The highest BCUT2D eigenvalue weighted by atomic mass is 16.5. The van der Waals surface area contributed by atoms with E-state index < -0.39 is 5.91 Å². The zero-order valence-corrected chi connectivity index (χ0v) is 12.3. The van der Waals surface area contributed by atoms with Crippen molar-refractivity contribution in [1.82, 2.24) is 4.98 Å². The van der Waals surface area contributed by atoms with Crippen molar-refractivity contribution >= 4 is 5.91 Å². The normalized spacial score (nSPS) is 24.0. The molecule has 2 aliphatic carbocycles. The molecule has 2 atom stereocenters. The fraction of sp³-hybridized carbons (Fsp3) is 0.625. The first kappa shape index (κ1) is 14.3. The summed E-state index contributed by atoms with van der Waals surface area (Å²) in [4.78, 5) is 16.2. The first-order valence-electron chi connectivity index (χ1n) is 7.84. The van der Waals surface area contributed by atoms with Crippen LogP contribution in [0, 0.1) is 11.8 Å². The van der Waals surface area contributed by atoms with Gasteiger partial charge in [-0.25, -0.2) is 4.98 Å². The molecule has 1 saturated carbocycles. The van der Waals surface area contributed by atoms with Gasteiger partial charge in [0.2, 0.25) is 5.88 Å². The van der Waals surface area contributed by atoms with E-state index in [9.17, 15) is 4.79 Å². The Labute approximate surface area is 125 Å². The van der Waals surface area contributed by atoms with Crippen LogP contribution in [0.25, 0.3) is 0 Å². The van der Waals surface area contributed by atoms with E-state index in [1.165, 1.54) is 12.8 Å². The molecule has 114 valence electrons. The molecule has 1 aromatic rings. The number of carbonyl (C=O) groups is 1. The molecule has 0 aromatic carbocycles. The summed E-state index contributed by atoms with van der Waals surface area (Å²) in [5, 5.41) is 0. The Kier molecular flexibility index (Phi) is 4.10. The summed E-state index contributed by atoms with van der Waals surface area (Å²) >= 11 is 0. The van der Waals surface area contributed by atoms with Crippen molar-refractivity contribution in [1.29, 1.82) is 0 Å². The summed E-state index contributed by atoms with van der Waals surface area (Å²) in [5.41, 5.74) is 13.9. The van der Waals surface area contributed by atoms with Crippen LogP contribution in [0.15, 0.2) is 6.07 Å². The van der Waals surface area contributed by atoms with Gasteiger partial charge in [0.1, 0.15) is 5.56 Å². The molecule has 5 nitrogen and oxygen atoms in total. The molecular formula is C16H23N3O2. The molecule has 5 heteroatoms. The maximum absolute atomic E-state index is 11.6. The molecule has 4 N–H and O–H groups in total. The van der Waals surface area contributed by atoms with Gasteiger partial charge in [0.25, 0.3) is 5.91 Å². The molecule has 1 amide bonds. The van der Waals surface area contributed by atoms with Crippen molar-refractivity contribution in [3.63, 3.8) is 0 Å². The van der Waals surface area contributed by atoms with Crippen molar-refractivity contribution in [2.45, 2.75) is 38.5 Å². The lowest BCUT2D eigenvalue weighted by Crippen LogP contribution is -2.24. The average Bonchev–Trinajstić information content (AvgIpc) is 3.11. The van der Waals surface area contributed by atoms with Gasteiger partial charge in [-0.2, -0.15) is 0 Å². The van der Waals surface area contributed by atoms with Crippen LogP contribution in [0.5, 0.6) is 5.88 Å². The Morgan fingerprint density at radius 3 is 2.86 bits per heavy atom. The summed E-state index contributed by atoms with van der Waals surface area (Å²) in [7, 11) is 0. The first-order valence-corrected chi connectivity index (χ1v) is 7.84. The molecule has 0 aliphatic heterocycles. The number of pyridine rings is 1. The Balaban J connectivity index is 1.76.